The summed E-state index contributed by atoms with van der Waals surface area (Å²) in [5.41, 5.74) is -1.99. The van der Waals surface area contributed by atoms with E-state index in [4.69, 9.17) is 11.6 Å². The van der Waals surface area contributed by atoms with Crippen LogP contribution < -0.4 is 4.90 Å². The number of hydrogen-bond acceptors (Lipinski definition) is 5. The van der Waals surface area contributed by atoms with Crippen LogP contribution in [-0.4, -0.2) is 68.4 Å². The molecular formula is C18H20ClF3N2O5S. The van der Waals surface area contributed by atoms with Gasteiger partial charge in [-0.25, -0.2) is 13.2 Å². The Morgan fingerprint density at radius 1 is 1.27 bits per heavy atom. The SMILES string of the molecule is CN(C)c1ccc(S(=O)(=O)[C@@H]2C[C@@H](C(=O)O)N(C(=O)C3(C(F)(F)F)CC3)C2)c(Cl)c1. The van der Waals surface area contributed by atoms with Gasteiger partial charge in [0.05, 0.1) is 15.2 Å². The van der Waals surface area contributed by atoms with E-state index in [0.717, 1.165) is 0 Å². The van der Waals surface area contributed by atoms with Crippen molar-refractivity contribution in [1.29, 1.82) is 0 Å². The first-order valence-corrected chi connectivity index (χ1v) is 11.0. The molecular weight excluding hydrogens is 449 g/mol. The largest absolute Gasteiger partial charge is 0.480 e. The molecule has 30 heavy (non-hydrogen) atoms. The molecule has 12 heteroatoms. The number of halogens is 4. The molecule has 3 rings (SSSR count). The number of anilines is 1. The molecule has 2 fully saturated rings. The van der Waals surface area contributed by atoms with Crippen molar-refractivity contribution in [2.24, 2.45) is 5.41 Å². The Bertz CT molecular complexity index is 992. The molecule has 1 amide bonds. The molecule has 0 unspecified atom stereocenters. The second-order valence-corrected chi connectivity index (χ2v) is 10.4. The summed E-state index contributed by atoms with van der Waals surface area (Å²) < 4.78 is 66.2. The predicted molar refractivity (Wildman–Crippen MR) is 102 cm³/mol. The Kier molecular flexibility index (Phi) is 5.51. The van der Waals surface area contributed by atoms with Crippen LogP contribution in [0, 0.1) is 5.41 Å². The molecule has 0 aromatic heterocycles. The Balaban J connectivity index is 1.93. The van der Waals surface area contributed by atoms with E-state index in [1.165, 1.54) is 18.2 Å². The number of rotatable bonds is 5. The highest BCUT2D eigenvalue weighted by Crippen LogP contribution is 2.59. The van der Waals surface area contributed by atoms with Crippen molar-refractivity contribution in [3.63, 3.8) is 0 Å². The van der Waals surface area contributed by atoms with Gasteiger partial charge in [-0.05, 0) is 37.5 Å². The Labute approximate surface area is 176 Å². The fourth-order valence-corrected chi connectivity index (χ4v) is 5.91. The van der Waals surface area contributed by atoms with E-state index in [0.29, 0.717) is 10.6 Å². The summed E-state index contributed by atoms with van der Waals surface area (Å²) in [7, 11) is -0.738. The third-order valence-corrected chi connectivity index (χ3v) is 8.30. The minimum atomic E-state index is -4.82. The van der Waals surface area contributed by atoms with E-state index in [1.54, 1.807) is 19.0 Å². The smallest absolute Gasteiger partial charge is 0.403 e. The molecule has 1 heterocycles. The van der Waals surface area contributed by atoms with E-state index in [1.807, 2.05) is 0 Å². The van der Waals surface area contributed by atoms with Crippen LogP contribution in [0.3, 0.4) is 0 Å². The maximum absolute atomic E-state index is 13.3. The van der Waals surface area contributed by atoms with Crippen LogP contribution in [0.5, 0.6) is 0 Å². The minimum Gasteiger partial charge on any atom is -0.480 e. The van der Waals surface area contributed by atoms with Crippen molar-refractivity contribution in [1.82, 2.24) is 4.90 Å². The number of likely N-dealkylation sites (tertiary alicyclic amines) is 1. The third-order valence-electron chi connectivity index (χ3n) is 5.69. The van der Waals surface area contributed by atoms with Gasteiger partial charge in [0.1, 0.15) is 11.5 Å². The maximum Gasteiger partial charge on any atom is 0.403 e. The summed E-state index contributed by atoms with van der Waals surface area (Å²) in [4.78, 5) is 26.2. The average Bonchev–Trinajstić information content (AvgIpc) is 3.32. The molecule has 1 saturated carbocycles. The van der Waals surface area contributed by atoms with Crippen LogP contribution in [0.4, 0.5) is 18.9 Å². The lowest BCUT2D eigenvalue weighted by Gasteiger charge is -2.28. The molecule has 7 nitrogen and oxygen atoms in total. The van der Waals surface area contributed by atoms with Crippen molar-refractivity contribution in [2.75, 3.05) is 25.5 Å². The highest BCUT2D eigenvalue weighted by molar-refractivity contribution is 7.92. The second-order valence-electron chi connectivity index (χ2n) is 7.80. The normalized spacial score (nSPS) is 23.3. The standard InChI is InChI=1S/C18H20ClF3N2O5S/c1-23(2)10-3-4-14(12(19)7-10)30(28,29)11-8-13(15(25)26)24(9-11)16(27)17(5-6-17)18(20,21)22/h3-4,7,11,13H,5-6,8-9H2,1-2H3,(H,25,26)/t11-,13+/m1/s1. The number of aliphatic carboxylic acids is 1. The first-order valence-electron chi connectivity index (χ1n) is 9.04. The lowest BCUT2D eigenvalue weighted by molar-refractivity contribution is -0.199. The zero-order chi connectivity index (χ0) is 22.6. The third kappa shape index (κ3) is 3.62. The molecule has 0 radical (unpaired) electrons. The number of hydrogen-bond donors (Lipinski definition) is 1. The van der Waals surface area contributed by atoms with Crippen molar-refractivity contribution in [2.45, 2.75) is 41.6 Å². The number of carboxylic acids is 1. The zero-order valence-electron chi connectivity index (χ0n) is 16.1. The summed E-state index contributed by atoms with van der Waals surface area (Å²) in [6.07, 6.45) is -6.21. The summed E-state index contributed by atoms with van der Waals surface area (Å²) >= 11 is 6.13. The maximum atomic E-state index is 13.3. The number of sulfone groups is 1. The molecule has 1 N–H and O–H groups in total. The Hall–Kier alpha value is -2.01. The number of benzene rings is 1. The van der Waals surface area contributed by atoms with E-state index >= 15 is 0 Å². The van der Waals surface area contributed by atoms with Crippen molar-refractivity contribution < 1.29 is 36.3 Å². The van der Waals surface area contributed by atoms with Gasteiger partial charge in [0.2, 0.25) is 5.91 Å². The number of carboxylic acid groups (broad SMARTS) is 1. The monoisotopic (exact) mass is 468 g/mol. The van der Waals surface area contributed by atoms with E-state index in [-0.39, 0.29) is 9.92 Å². The molecule has 1 aliphatic carbocycles. The van der Waals surface area contributed by atoms with Crippen LogP contribution >= 0.6 is 11.6 Å². The fraction of sp³-hybridized carbons (Fsp3) is 0.556. The summed E-state index contributed by atoms with van der Waals surface area (Å²) in [5.74, 6) is -2.93. The van der Waals surface area contributed by atoms with Crippen LogP contribution in [-0.2, 0) is 19.4 Å². The Morgan fingerprint density at radius 3 is 2.30 bits per heavy atom. The molecule has 0 spiro atoms. The van der Waals surface area contributed by atoms with E-state index in [2.05, 4.69) is 0 Å². The van der Waals surface area contributed by atoms with Gasteiger partial charge in [0.25, 0.3) is 0 Å². The lowest BCUT2D eigenvalue weighted by Crippen LogP contribution is -2.48. The van der Waals surface area contributed by atoms with Gasteiger partial charge in [-0.3, -0.25) is 4.79 Å². The molecule has 166 valence electrons. The summed E-state index contributed by atoms with van der Waals surface area (Å²) in [6.45, 7) is -0.637. The number of carbonyl (C=O) groups is 2. The van der Waals surface area contributed by atoms with E-state index < -0.39 is 70.4 Å². The predicted octanol–water partition coefficient (Wildman–Crippen LogP) is 2.58. The lowest BCUT2D eigenvalue weighted by atomic mass is 10.0. The number of nitrogens with zero attached hydrogens (tertiary/aromatic N) is 2. The molecule has 1 aromatic rings. The zero-order valence-corrected chi connectivity index (χ0v) is 17.7. The van der Waals surface area contributed by atoms with Crippen molar-refractivity contribution >= 4 is 39.0 Å². The molecule has 1 aliphatic heterocycles. The van der Waals surface area contributed by atoms with Gasteiger partial charge in [-0.15, -0.1) is 0 Å². The topological polar surface area (TPSA) is 95.0 Å². The van der Waals surface area contributed by atoms with Gasteiger partial charge >= 0.3 is 12.1 Å². The van der Waals surface area contributed by atoms with Gasteiger partial charge in [-0.2, -0.15) is 13.2 Å². The van der Waals surface area contributed by atoms with Gasteiger partial charge in [-0.1, -0.05) is 11.6 Å². The highest BCUT2D eigenvalue weighted by Gasteiger charge is 2.70. The number of carbonyl (C=O) groups excluding carboxylic acids is 1. The average molecular weight is 469 g/mol. The molecule has 0 bridgehead atoms. The van der Waals surface area contributed by atoms with Crippen molar-refractivity contribution in [3.05, 3.63) is 23.2 Å². The van der Waals surface area contributed by atoms with Crippen molar-refractivity contribution in [3.8, 4) is 0 Å². The first-order chi connectivity index (χ1) is 13.7. The fourth-order valence-electron chi connectivity index (χ4n) is 3.68. The Morgan fingerprint density at radius 2 is 1.87 bits per heavy atom. The van der Waals surface area contributed by atoms with Gasteiger partial charge < -0.3 is 14.9 Å². The van der Waals surface area contributed by atoms with Crippen LogP contribution in [0.15, 0.2) is 23.1 Å². The van der Waals surface area contributed by atoms with Gasteiger partial charge in [0.15, 0.2) is 9.84 Å². The van der Waals surface area contributed by atoms with E-state index in [9.17, 15) is 36.3 Å². The number of alkyl halides is 3. The molecule has 1 aromatic carbocycles. The number of amides is 1. The minimum absolute atomic E-state index is 0.0909. The molecule has 2 aliphatic rings. The molecule has 2 atom stereocenters. The van der Waals surface area contributed by atoms with Gasteiger partial charge in [0, 0.05) is 26.3 Å². The second kappa shape index (κ2) is 7.30. The van der Waals surface area contributed by atoms with Crippen LogP contribution in [0.25, 0.3) is 0 Å². The van der Waals surface area contributed by atoms with Crippen LogP contribution in [0.1, 0.15) is 19.3 Å². The highest BCUT2D eigenvalue weighted by atomic mass is 35.5. The quantitative estimate of drug-likeness (QED) is 0.713. The summed E-state index contributed by atoms with van der Waals surface area (Å²) in [5, 5.41) is 7.95. The van der Waals surface area contributed by atoms with Crippen LogP contribution in [0.2, 0.25) is 5.02 Å². The first kappa shape index (κ1) is 22.7. The molecule has 1 saturated heterocycles. The summed E-state index contributed by atoms with van der Waals surface area (Å²) in [6, 6.07) is 2.54.